The van der Waals surface area contributed by atoms with Gasteiger partial charge in [-0.2, -0.15) is 5.10 Å². The molecule has 0 spiro atoms. The second-order valence-electron chi connectivity index (χ2n) is 5.49. The summed E-state index contributed by atoms with van der Waals surface area (Å²) in [7, 11) is 1.89. The first-order chi connectivity index (χ1) is 9.97. The smallest absolute Gasteiger partial charge is 0.131 e. The van der Waals surface area contributed by atoms with Gasteiger partial charge in [-0.15, -0.1) is 0 Å². The fourth-order valence-electron chi connectivity index (χ4n) is 2.60. The summed E-state index contributed by atoms with van der Waals surface area (Å²) < 4.78 is 4.97. The lowest BCUT2D eigenvalue weighted by molar-refractivity contribution is 0.567. The number of nitrogens with zero attached hydrogens (tertiary/aromatic N) is 4. The van der Waals surface area contributed by atoms with Crippen LogP contribution in [0.25, 0.3) is 11.0 Å². The van der Waals surface area contributed by atoms with Gasteiger partial charge >= 0.3 is 0 Å². The Morgan fingerprint density at radius 1 is 1.29 bits per heavy atom. The maximum atomic E-state index is 6.42. The van der Waals surface area contributed by atoms with Gasteiger partial charge in [0.25, 0.3) is 0 Å². The number of halogens is 1. The molecular formula is C15H18BrN5. The SMILES string of the molecule is CC(C)n1c(C(N)c2cnn(C)c2)nc2cc(Br)ccc21. The summed E-state index contributed by atoms with van der Waals surface area (Å²) in [4.78, 5) is 4.75. The van der Waals surface area contributed by atoms with Crippen molar-refractivity contribution in [1.29, 1.82) is 0 Å². The van der Waals surface area contributed by atoms with Crippen molar-refractivity contribution in [3.05, 3.63) is 46.5 Å². The zero-order valence-electron chi connectivity index (χ0n) is 12.3. The first-order valence-corrected chi connectivity index (χ1v) is 7.68. The quantitative estimate of drug-likeness (QED) is 0.791. The second-order valence-corrected chi connectivity index (χ2v) is 6.41. The van der Waals surface area contributed by atoms with E-state index in [0.29, 0.717) is 0 Å². The van der Waals surface area contributed by atoms with E-state index < -0.39 is 0 Å². The first kappa shape index (κ1) is 14.3. The molecule has 1 unspecified atom stereocenters. The number of nitrogens with two attached hydrogens (primary N) is 1. The van der Waals surface area contributed by atoms with E-state index in [-0.39, 0.29) is 12.1 Å². The zero-order valence-corrected chi connectivity index (χ0v) is 13.9. The molecule has 0 saturated carbocycles. The van der Waals surface area contributed by atoms with Gasteiger partial charge in [0.05, 0.1) is 23.3 Å². The molecular weight excluding hydrogens is 330 g/mol. The Morgan fingerprint density at radius 3 is 2.67 bits per heavy atom. The van der Waals surface area contributed by atoms with Crippen LogP contribution in [0.2, 0.25) is 0 Å². The number of rotatable bonds is 3. The number of imidazole rings is 1. The predicted octanol–water partition coefficient (Wildman–Crippen LogP) is 3.16. The number of benzene rings is 1. The summed E-state index contributed by atoms with van der Waals surface area (Å²) in [6.45, 7) is 4.28. The molecule has 21 heavy (non-hydrogen) atoms. The predicted molar refractivity (Wildman–Crippen MR) is 87.1 cm³/mol. The van der Waals surface area contributed by atoms with Crippen LogP contribution in [-0.2, 0) is 7.05 Å². The fourth-order valence-corrected chi connectivity index (χ4v) is 2.95. The van der Waals surface area contributed by atoms with Gasteiger partial charge in [0.15, 0.2) is 0 Å². The van der Waals surface area contributed by atoms with E-state index in [1.807, 2.05) is 25.4 Å². The van der Waals surface area contributed by atoms with E-state index in [1.54, 1.807) is 10.9 Å². The molecule has 0 bridgehead atoms. The molecule has 2 N–H and O–H groups in total. The highest BCUT2D eigenvalue weighted by molar-refractivity contribution is 9.10. The number of fused-ring (bicyclic) bond motifs is 1. The van der Waals surface area contributed by atoms with Gasteiger partial charge in [-0.3, -0.25) is 4.68 Å². The molecule has 0 aliphatic carbocycles. The summed E-state index contributed by atoms with van der Waals surface area (Å²) in [5.74, 6) is 0.867. The van der Waals surface area contributed by atoms with Gasteiger partial charge in [-0.25, -0.2) is 4.98 Å². The highest BCUT2D eigenvalue weighted by atomic mass is 79.9. The Balaban J connectivity index is 2.19. The van der Waals surface area contributed by atoms with Crippen LogP contribution < -0.4 is 5.73 Å². The topological polar surface area (TPSA) is 61.7 Å². The molecule has 0 saturated heterocycles. The fraction of sp³-hybridized carbons (Fsp3) is 0.333. The third-order valence-electron chi connectivity index (χ3n) is 3.56. The minimum absolute atomic E-state index is 0.285. The van der Waals surface area contributed by atoms with Crippen molar-refractivity contribution in [3.63, 3.8) is 0 Å². The lowest BCUT2D eigenvalue weighted by Crippen LogP contribution is -2.18. The van der Waals surface area contributed by atoms with Crippen LogP contribution in [0.4, 0.5) is 0 Å². The summed E-state index contributed by atoms with van der Waals surface area (Å²) in [6, 6.07) is 6.13. The summed E-state index contributed by atoms with van der Waals surface area (Å²) >= 11 is 3.49. The van der Waals surface area contributed by atoms with E-state index >= 15 is 0 Å². The zero-order chi connectivity index (χ0) is 15.1. The van der Waals surface area contributed by atoms with E-state index in [2.05, 4.69) is 45.5 Å². The Bertz CT molecular complexity index is 787. The molecule has 0 radical (unpaired) electrons. The third kappa shape index (κ3) is 2.49. The average Bonchev–Trinajstić information content (AvgIpc) is 3.00. The van der Waals surface area contributed by atoms with Gasteiger partial charge in [0.1, 0.15) is 5.82 Å². The Morgan fingerprint density at radius 2 is 2.05 bits per heavy atom. The standard InChI is InChI=1S/C15H18BrN5/c1-9(2)21-13-5-4-11(16)6-12(13)19-15(21)14(17)10-7-18-20(3)8-10/h4-9,14H,17H2,1-3H3. The van der Waals surface area contributed by atoms with Gasteiger partial charge in [-0.1, -0.05) is 15.9 Å². The van der Waals surface area contributed by atoms with Crippen molar-refractivity contribution < 1.29 is 0 Å². The summed E-state index contributed by atoms with van der Waals surface area (Å²) in [6.07, 6.45) is 3.73. The largest absolute Gasteiger partial charge is 0.324 e. The molecule has 1 atom stereocenters. The van der Waals surface area contributed by atoms with Gasteiger partial charge in [0, 0.05) is 29.3 Å². The minimum atomic E-state index is -0.285. The molecule has 0 aliphatic rings. The molecule has 0 fully saturated rings. The number of hydrogen-bond acceptors (Lipinski definition) is 3. The van der Waals surface area contributed by atoms with E-state index in [4.69, 9.17) is 10.7 Å². The first-order valence-electron chi connectivity index (χ1n) is 6.89. The minimum Gasteiger partial charge on any atom is -0.324 e. The van der Waals surface area contributed by atoms with Crippen LogP contribution in [-0.4, -0.2) is 19.3 Å². The normalized spacial score (nSPS) is 13.2. The highest BCUT2D eigenvalue weighted by Gasteiger charge is 2.21. The second kappa shape index (κ2) is 5.27. The molecule has 2 aromatic heterocycles. The molecule has 2 heterocycles. The lowest BCUT2D eigenvalue weighted by atomic mass is 10.1. The van der Waals surface area contributed by atoms with Gasteiger partial charge in [0.2, 0.25) is 0 Å². The molecule has 0 amide bonds. The number of hydrogen-bond donors (Lipinski definition) is 1. The molecule has 1 aromatic carbocycles. The van der Waals surface area contributed by atoms with Crippen LogP contribution >= 0.6 is 15.9 Å². The molecule has 110 valence electrons. The van der Waals surface area contributed by atoms with Gasteiger partial charge in [-0.05, 0) is 32.0 Å². The van der Waals surface area contributed by atoms with Crippen LogP contribution in [0.1, 0.15) is 37.3 Å². The van der Waals surface area contributed by atoms with Crippen molar-refractivity contribution in [1.82, 2.24) is 19.3 Å². The van der Waals surface area contributed by atoms with Crippen LogP contribution in [0.3, 0.4) is 0 Å². The summed E-state index contributed by atoms with van der Waals surface area (Å²) in [5.41, 5.74) is 9.44. The van der Waals surface area contributed by atoms with Crippen molar-refractivity contribution in [2.24, 2.45) is 12.8 Å². The Labute approximate surface area is 131 Å². The van der Waals surface area contributed by atoms with Crippen molar-refractivity contribution >= 4 is 27.0 Å². The average molecular weight is 348 g/mol. The third-order valence-corrected chi connectivity index (χ3v) is 4.05. The number of aromatic nitrogens is 4. The molecule has 3 rings (SSSR count). The van der Waals surface area contributed by atoms with Crippen LogP contribution in [0.5, 0.6) is 0 Å². The van der Waals surface area contributed by atoms with E-state index in [1.165, 1.54) is 0 Å². The monoisotopic (exact) mass is 347 g/mol. The van der Waals surface area contributed by atoms with Crippen LogP contribution in [0.15, 0.2) is 35.1 Å². The van der Waals surface area contributed by atoms with E-state index in [9.17, 15) is 0 Å². The van der Waals surface area contributed by atoms with Crippen molar-refractivity contribution in [3.8, 4) is 0 Å². The molecule has 0 aliphatic heterocycles. The lowest BCUT2D eigenvalue weighted by Gasteiger charge is -2.16. The maximum Gasteiger partial charge on any atom is 0.131 e. The summed E-state index contributed by atoms with van der Waals surface area (Å²) in [5, 5.41) is 4.20. The highest BCUT2D eigenvalue weighted by Crippen LogP contribution is 2.28. The van der Waals surface area contributed by atoms with Crippen LogP contribution in [0, 0.1) is 0 Å². The Hall–Kier alpha value is -1.66. The maximum absolute atomic E-state index is 6.42. The van der Waals surface area contributed by atoms with E-state index in [0.717, 1.165) is 26.9 Å². The Kier molecular flexibility index (Phi) is 3.59. The molecule has 5 nitrogen and oxygen atoms in total. The molecule has 6 heteroatoms. The van der Waals surface area contributed by atoms with Gasteiger partial charge < -0.3 is 10.3 Å². The molecule has 3 aromatic rings. The van der Waals surface area contributed by atoms with Crippen molar-refractivity contribution in [2.45, 2.75) is 25.9 Å². The number of aryl methyl sites for hydroxylation is 1. The van der Waals surface area contributed by atoms with Crippen molar-refractivity contribution in [2.75, 3.05) is 0 Å².